The van der Waals surface area contributed by atoms with E-state index >= 15 is 0 Å². The van der Waals surface area contributed by atoms with Crippen LogP contribution in [0.25, 0.3) is 10.8 Å². The van der Waals surface area contributed by atoms with Gasteiger partial charge in [0.15, 0.2) is 6.61 Å². The van der Waals surface area contributed by atoms with Crippen molar-refractivity contribution in [1.82, 2.24) is 0 Å². The molecule has 0 aromatic heterocycles. The van der Waals surface area contributed by atoms with Gasteiger partial charge < -0.3 is 14.8 Å². The van der Waals surface area contributed by atoms with Gasteiger partial charge in [-0.05, 0) is 41.1 Å². The lowest BCUT2D eigenvalue weighted by molar-refractivity contribution is -0.119. The van der Waals surface area contributed by atoms with Crippen LogP contribution < -0.4 is 10.1 Å². The molecule has 3 rings (SSSR count). The van der Waals surface area contributed by atoms with E-state index in [9.17, 15) is 9.59 Å². The van der Waals surface area contributed by atoms with Crippen LogP contribution in [0.2, 0.25) is 0 Å². The topological polar surface area (TPSA) is 64.6 Å². The van der Waals surface area contributed by atoms with Crippen molar-refractivity contribution in [1.29, 1.82) is 0 Å². The van der Waals surface area contributed by atoms with Crippen molar-refractivity contribution in [2.75, 3.05) is 19.0 Å². The molecule has 1 N–H and O–H groups in total. The average Bonchev–Trinajstić information content (AvgIpc) is 2.66. The first-order valence-electron chi connectivity index (χ1n) is 7.76. The minimum Gasteiger partial charge on any atom is -0.497 e. The van der Waals surface area contributed by atoms with E-state index < -0.39 is 11.9 Å². The molecule has 0 spiro atoms. The number of methoxy groups -OCH3 is 1. The maximum absolute atomic E-state index is 12.3. The molecule has 0 saturated carbocycles. The van der Waals surface area contributed by atoms with E-state index in [2.05, 4.69) is 5.32 Å². The van der Waals surface area contributed by atoms with E-state index in [0.717, 1.165) is 10.8 Å². The lowest BCUT2D eigenvalue weighted by Crippen LogP contribution is -2.21. The Morgan fingerprint density at radius 3 is 2.40 bits per heavy atom. The molecule has 0 fully saturated rings. The van der Waals surface area contributed by atoms with Gasteiger partial charge in [-0.2, -0.15) is 0 Å². The quantitative estimate of drug-likeness (QED) is 0.723. The highest BCUT2D eigenvalue weighted by Gasteiger charge is 2.13. The predicted octanol–water partition coefficient (Wildman–Crippen LogP) is 3.64. The number of rotatable bonds is 5. The molecule has 3 aromatic carbocycles. The van der Waals surface area contributed by atoms with Gasteiger partial charge in [-0.1, -0.05) is 36.4 Å². The molecule has 0 aliphatic rings. The Labute approximate surface area is 145 Å². The van der Waals surface area contributed by atoms with E-state index in [-0.39, 0.29) is 6.61 Å². The van der Waals surface area contributed by atoms with Gasteiger partial charge in [-0.3, -0.25) is 4.79 Å². The van der Waals surface area contributed by atoms with E-state index in [1.165, 1.54) is 0 Å². The molecule has 0 heterocycles. The number of hydrogen-bond donors (Lipinski definition) is 1. The molecule has 126 valence electrons. The van der Waals surface area contributed by atoms with Crippen LogP contribution in [-0.4, -0.2) is 25.6 Å². The Bertz CT molecular complexity index is 898. The molecule has 0 radical (unpaired) electrons. The summed E-state index contributed by atoms with van der Waals surface area (Å²) in [5, 5.41) is 4.41. The highest BCUT2D eigenvalue weighted by atomic mass is 16.5. The summed E-state index contributed by atoms with van der Waals surface area (Å²) >= 11 is 0. The summed E-state index contributed by atoms with van der Waals surface area (Å²) in [5.41, 5.74) is 1.04. The molecular weight excluding hydrogens is 318 g/mol. The largest absolute Gasteiger partial charge is 0.497 e. The van der Waals surface area contributed by atoms with Crippen LogP contribution in [-0.2, 0) is 9.53 Å². The first-order valence-corrected chi connectivity index (χ1v) is 7.76. The van der Waals surface area contributed by atoms with Crippen molar-refractivity contribution in [3.63, 3.8) is 0 Å². The Hall–Kier alpha value is -3.34. The molecule has 0 saturated heterocycles. The van der Waals surface area contributed by atoms with E-state index in [1.807, 2.05) is 30.3 Å². The zero-order chi connectivity index (χ0) is 17.6. The lowest BCUT2D eigenvalue weighted by Gasteiger charge is -2.09. The Kier molecular flexibility index (Phi) is 4.95. The average molecular weight is 335 g/mol. The third-order valence-corrected chi connectivity index (χ3v) is 3.72. The van der Waals surface area contributed by atoms with Crippen LogP contribution >= 0.6 is 0 Å². The summed E-state index contributed by atoms with van der Waals surface area (Å²) in [4.78, 5) is 24.2. The molecule has 0 atom stereocenters. The van der Waals surface area contributed by atoms with Crippen LogP contribution in [0, 0.1) is 0 Å². The SMILES string of the molecule is COc1ccc(NC(=O)COC(=O)c2cccc3ccccc23)cc1. The summed E-state index contributed by atoms with van der Waals surface area (Å²) in [5.74, 6) is -0.235. The van der Waals surface area contributed by atoms with E-state index in [1.54, 1.807) is 43.5 Å². The van der Waals surface area contributed by atoms with Crippen molar-refractivity contribution in [2.45, 2.75) is 0 Å². The van der Waals surface area contributed by atoms with Gasteiger partial charge in [0.25, 0.3) is 5.91 Å². The van der Waals surface area contributed by atoms with Crippen molar-refractivity contribution in [2.24, 2.45) is 0 Å². The van der Waals surface area contributed by atoms with Crippen LogP contribution in [0.3, 0.4) is 0 Å². The molecule has 5 heteroatoms. The summed E-state index contributed by atoms with van der Waals surface area (Å²) in [6.07, 6.45) is 0. The minimum atomic E-state index is -0.526. The van der Waals surface area contributed by atoms with Crippen LogP contribution in [0.15, 0.2) is 66.7 Å². The molecule has 0 unspecified atom stereocenters. The third-order valence-electron chi connectivity index (χ3n) is 3.72. The molecule has 0 aliphatic heterocycles. The maximum Gasteiger partial charge on any atom is 0.339 e. The summed E-state index contributed by atoms with van der Waals surface area (Å²) < 4.78 is 10.2. The fraction of sp³-hybridized carbons (Fsp3) is 0.100. The highest BCUT2D eigenvalue weighted by molar-refractivity contribution is 6.05. The van der Waals surface area contributed by atoms with E-state index in [4.69, 9.17) is 9.47 Å². The molecule has 25 heavy (non-hydrogen) atoms. The number of amides is 1. The van der Waals surface area contributed by atoms with Crippen LogP contribution in [0.1, 0.15) is 10.4 Å². The molecule has 5 nitrogen and oxygen atoms in total. The van der Waals surface area contributed by atoms with Gasteiger partial charge in [-0.15, -0.1) is 0 Å². The number of nitrogens with one attached hydrogen (secondary N) is 1. The highest BCUT2D eigenvalue weighted by Crippen LogP contribution is 2.19. The molecule has 3 aromatic rings. The molecule has 0 aliphatic carbocycles. The standard InChI is InChI=1S/C20H17NO4/c1-24-16-11-9-15(10-12-16)21-19(22)13-25-20(23)18-8-4-6-14-5-2-3-7-17(14)18/h2-12H,13H2,1H3,(H,21,22). The van der Waals surface area contributed by atoms with Gasteiger partial charge in [0.2, 0.25) is 0 Å². The van der Waals surface area contributed by atoms with Gasteiger partial charge in [0, 0.05) is 5.69 Å². The van der Waals surface area contributed by atoms with Crippen LogP contribution in [0.5, 0.6) is 5.75 Å². The fourth-order valence-electron chi connectivity index (χ4n) is 2.48. The first-order chi connectivity index (χ1) is 12.2. The van der Waals surface area contributed by atoms with Gasteiger partial charge in [-0.25, -0.2) is 4.79 Å². The van der Waals surface area contributed by atoms with Crippen molar-refractivity contribution in [3.8, 4) is 5.75 Å². The molecular formula is C20H17NO4. The summed E-state index contributed by atoms with van der Waals surface area (Å²) in [6.45, 7) is -0.353. The number of esters is 1. The number of carbonyl (C=O) groups is 2. The summed E-state index contributed by atoms with van der Waals surface area (Å²) in [6, 6.07) is 19.8. The Morgan fingerprint density at radius 1 is 0.920 bits per heavy atom. The van der Waals surface area contributed by atoms with Gasteiger partial charge >= 0.3 is 5.97 Å². The smallest absolute Gasteiger partial charge is 0.339 e. The zero-order valence-electron chi connectivity index (χ0n) is 13.7. The summed E-state index contributed by atoms with van der Waals surface area (Å²) in [7, 11) is 1.57. The van der Waals surface area contributed by atoms with Gasteiger partial charge in [0.1, 0.15) is 5.75 Å². The predicted molar refractivity (Wildman–Crippen MR) is 95.9 cm³/mol. The molecule has 0 bridgehead atoms. The third kappa shape index (κ3) is 3.95. The van der Waals surface area contributed by atoms with Crippen molar-refractivity contribution < 1.29 is 19.1 Å². The van der Waals surface area contributed by atoms with Crippen molar-refractivity contribution >= 4 is 28.3 Å². The number of benzene rings is 3. The molecule has 1 amide bonds. The van der Waals surface area contributed by atoms with E-state index in [0.29, 0.717) is 17.0 Å². The second-order valence-corrected chi connectivity index (χ2v) is 5.38. The second-order valence-electron chi connectivity index (χ2n) is 5.38. The van der Waals surface area contributed by atoms with Crippen molar-refractivity contribution in [3.05, 3.63) is 72.3 Å². The second kappa shape index (κ2) is 7.49. The normalized spacial score (nSPS) is 10.3. The Balaban J connectivity index is 1.62. The maximum atomic E-state index is 12.3. The van der Waals surface area contributed by atoms with Gasteiger partial charge in [0.05, 0.1) is 12.7 Å². The zero-order valence-corrected chi connectivity index (χ0v) is 13.7. The Morgan fingerprint density at radius 2 is 1.64 bits per heavy atom. The number of fused-ring (bicyclic) bond motifs is 1. The first kappa shape index (κ1) is 16.5. The van der Waals surface area contributed by atoms with Crippen LogP contribution in [0.4, 0.5) is 5.69 Å². The number of carbonyl (C=O) groups excluding carboxylic acids is 2. The fourth-order valence-corrected chi connectivity index (χ4v) is 2.48. The monoisotopic (exact) mass is 335 g/mol. The lowest BCUT2D eigenvalue weighted by atomic mass is 10.1. The minimum absolute atomic E-state index is 0.353. The number of hydrogen-bond acceptors (Lipinski definition) is 4. The number of ether oxygens (including phenoxy) is 2. The number of anilines is 1.